The van der Waals surface area contributed by atoms with Crippen LogP contribution in [0.4, 0.5) is 5.69 Å². The topological polar surface area (TPSA) is 42.2 Å². The molecule has 0 saturated carbocycles. The predicted molar refractivity (Wildman–Crippen MR) is 81.1 cm³/mol. The summed E-state index contributed by atoms with van der Waals surface area (Å²) in [6.07, 6.45) is 7.66. The molecule has 0 amide bonds. The Labute approximate surface area is 117 Å². The molecular weight excluding hydrogens is 234 g/mol. The zero-order chi connectivity index (χ0) is 13.9. The fraction of sp³-hybridized carbons (Fsp3) is 0.688. The van der Waals surface area contributed by atoms with Crippen molar-refractivity contribution in [3.8, 4) is 0 Å². The molecule has 1 aliphatic heterocycles. The fourth-order valence-electron chi connectivity index (χ4n) is 3.09. The lowest BCUT2D eigenvalue weighted by Crippen LogP contribution is -2.27. The second-order valence-corrected chi connectivity index (χ2v) is 6.69. The van der Waals surface area contributed by atoms with Gasteiger partial charge < -0.3 is 10.6 Å². The molecule has 1 saturated heterocycles. The highest BCUT2D eigenvalue weighted by Crippen LogP contribution is 2.35. The quantitative estimate of drug-likeness (QED) is 0.889. The van der Waals surface area contributed by atoms with Gasteiger partial charge in [0.1, 0.15) is 0 Å². The monoisotopic (exact) mass is 261 g/mol. The minimum Gasteiger partial charge on any atom is -0.371 e. The minimum atomic E-state index is 0.422. The van der Waals surface area contributed by atoms with E-state index in [0.29, 0.717) is 12.0 Å². The Kier molecular flexibility index (Phi) is 4.46. The van der Waals surface area contributed by atoms with Crippen molar-refractivity contribution in [3.63, 3.8) is 0 Å². The van der Waals surface area contributed by atoms with E-state index in [1.54, 1.807) is 0 Å². The van der Waals surface area contributed by atoms with Crippen LogP contribution in [0.1, 0.15) is 45.6 Å². The summed E-state index contributed by atoms with van der Waals surface area (Å²) in [7, 11) is 0. The molecule has 1 unspecified atom stereocenters. The molecule has 19 heavy (non-hydrogen) atoms. The summed E-state index contributed by atoms with van der Waals surface area (Å²) in [5, 5.41) is 0. The molecule has 1 atom stereocenters. The second-order valence-electron chi connectivity index (χ2n) is 6.69. The number of nitrogens with zero attached hydrogens (tertiary/aromatic N) is 2. The lowest BCUT2D eigenvalue weighted by molar-refractivity contribution is 0.220. The first kappa shape index (κ1) is 14.3. The van der Waals surface area contributed by atoms with Gasteiger partial charge in [0.15, 0.2) is 0 Å². The summed E-state index contributed by atoms with van der Waals surface area (Å²) in [4.78, 5) is 6.68. The van der Waals surface area contributed by atoms with Gasteiger partial charge in [-0.2, -0.15) is 0 Å². The van der Waals surface area contributed by atoms with E-state index in [0.717, 1.165) is 24.6 Å². The standard InChI is InChI=1S/C16H27N3/c1-16(2,3)14-5-4-9-19(10-7-14)15-6-8-18-12-13(15)11-17/h6,8,12,14H,4-5,7,9-11,17H2,1-3H3. The van der Waals surface area contributed by atoms with E-state index >= 15 is 0 Å². The van der Waals surface area contributed by atoms with Gasteiger partial charge in [0.05, 0.1) is 0 Å². The van der Waals surface area contributed by atoms with Gasteiger partial charge in [-0.25, -0.2) is 0 Å². The normalized spacial score (nSPS) is 21.3. The highest BCUT2D eigenvalue weighted by Gasteiger charge is 2.27. The number of hydrogen-bond donors (Lipinski definition) is 1. The molecule has 0 radical (unpaired) electrons. The number of hydrogen-bond acceptors (Lipinski definition) is 3. The van der Waals surface area contributed by atoms with Crippen LogP contribution >= 0.6 is 0 Å². The van der Waals surface area contributed by atoms with Crippen LogP contribution in [-0.4, -0.2) is 18.1 Å². The van der Waals surface area contributed by atoms with Gasteiger partial charge in [-0.15, -0.1) is 0 Å². The highest BCUT2D eigenvalue weighted by molar-refractivity contribution is 5.52. The lowest BCUT2D eigenvalue weighted by Gasteiger charge is -2.30. The van der Waals surface area contributed by atoms with Crippen LogP contribution < -0.4 is 10.6 Å². The number of pyridine rings is 1. The first-order valence-electron chi connectivity index (χ1n) is 7.40. The summed E-state index contributed by atoms with van der Waals surface area (Å²) in [6, 6.07) is 2.11. The van der Waals surface area contributed by atoms with E-state index in [4.69, 9.17) is 5.73 Å². The molecule has 1 aromatic rings. The molecule has 2 N–H and O–H groups in total. The molecule has 1 fully saturated rings. The summed E-state index contributed by atoms with van der Waals surface area (Å²) in [5.41, 5.74) is 8.70. The molecular formula is C16H27N3. The molecule has 106 valence electrons. The van der Waals surface area contributed by atoms with Gasteiger partial charge in [-0.05, 0) is 36.7 Å². The van der Waals surface area contributed by atoms with Gasteiger partial charge in [0, 0.05) is 43.3 Å². The van der Waals surface area contributed by atoms with Gasteiger partial charge in [-0.3, -0.25) is 4.98 Å². The zero-order valence-electron chi connectivity index (χ0n) is 12.5. The summed E-state index contributed by atoms with van der Waals surface area (Å²) in [6.45, 7) is 9.95. The highest BCUT2D eigenvalue weighted by atomic mass is 15.1. The van der Waals surface area contributed by atoms with Crippen LogP contribution in [0, 0.1) is 11.3 Å². The van der Waals surface area contributed by atoms with Crippen LogP contribution in [-0.2, 0) is 6.54 Å². The fourth-order valence-corrected chi connectivity index (χ4v) is 3.09. The van der Waals surface area contributed by atoms with Crippen molar-refractivity contribution in [3.05, 3.63) is 24.0 Å². The average molecular weight is 261 g/mol. The third kappa shape index (κ3) is 3.47. The average Bonchev–Trinajstić information content (AvgIpc) is 2.64. The van der Waals surface area contributed by atoms with E-state index in [2.05, 4.69) is 36.7 Å². The molecule has 1 aromatic heterocycles. The Balaban J connectivity index is 2.11. The van der Waals surface area contributed by atoms with Gasteiger partial charge in [0.25, 0.3) is 0 Å². The van der Waals surface area contributed by atoms with E-state index < -0.39 is 0 Å². The molecule has 3 heteroatoms. The van der Waals surface area contributed by atoms with Crippen LogP contribution in [0.25, 0.3) is 0 Å². The van der Waals surface area contributed by atoms with Crippen LogP contribution in [0.15, 0.2) is 18.5 Å². The molecule has 2 rings (SSSR count). The maximum absolute atomic E-state index is 5.83. The second kappa shape index (κ2) is 5.91. The summed E-state index contributed by atoms with van der Waals surface area (Å²) >= 11 is 0. The Morgan fingerprint density at radius 3 is 2.79 bits per heavy atom. The van der Waals surface area contributed by atoms with Crippen molar-refractivity contribution in [2.24, 2.45) is 17.1 Å². The molecule has 0 bridgehead atoms. The van der Waals surface area contributed by atoms with E-state index in [1.165, 1.54) is 24.9 Å². The van der Waals surface area contributed by atoms with Crippen molar-refractivity contribution < 1.29 is 0 Å². The van der Waals surface area contributed by atoms with Crippen molar-refractivity contribution in [2.75, 3.05) is 18.0 Å². The van der Waals surface area contributed by atoms with Crippen LogP contribution in [0.3, 0.4) is 0 Å². The van der Waals surface area contributed by atoms with E-state index in [1.807, 2.05) is 12.4 Å². The molecule has 1 aliphatic rings. The van der Waals surface area contributed by atoms with Crippen LogP contribution in [0.2, 0.25) is 0 Å². The SMILES string of the molecule is CC(C)(C)C1CCCN(c2ccncc2CN)CC1. The third-order valence-electron chi connectivity index (χ3n) is 4.39. The largest absolute Gasteiger partial charge is 0.371 e. The number of rotatable bonds is 2. The lowest BCUT2D eigenvalue weighted by atomic mass is 9.77. The molecule has 2 heterocycles. The van der Waals surface area contributed by atoms with Gasteiger partial charge in [0.2, 0.25) is 0 Å². The first-order chi connectivity index (χ1) is 9.02. The maximum Gasteiger partial charge on any atom is 0.0442 e. The smallest absolute Gasteiger partial charge is 0.0442 e. The molecule has 0 aromatic carbocycles. The van der Waals surface area contributed by atoms with Gasteiger partial charge in [-0.1, -0.05) is 20.8 Å². The van der Waals surface area contributed by atoms with Crippen molar-refractivity contribution in [1.82, 2.24) is 4.98 Å². The Morgan fingerprint density at radius 1 is 1.32 bits per heavy atom. The molecule has 3 nitrogen and oxygen atoms in total. The first-order valence-corrected chi connectivity index (χ1v) is 7.40. The Hall–Kier alpha value is -1.09. The van der Waals surface area contributed by atoms with Crippen molar-refractivity contribution in [1.29, 1.82) is 0 Å². The number of aromatic nitrogens is 1. The molecule has 0 spiro atoms. The van der Waals surface area contributed by atoms with Gasteiger partial charge >= 0.3 is 0 Å². The number of nitrogens with two attached hydrogens (primary N) is 1. The van der Waals surface area contributed by atoms with E-state index in [9.17, 15) is 0 Å². The Bertz CT molecular complexity index is 409. The van der Waals surface area contributed by atoms with Crippen LogP contribution in [0.5, 0.6) is 0 Å². The zero-order valence-corrected chi connectivity index (χ0v) is 12.5. The Morgan fingerprint density at radius 2 is 2.11 bits per heavy atom. The molecule has 0 aliphatic carbocycles. The third-order valence-corrected chi connectivity index (χ3v) is 4.39. The number of anilines is 1. The van der Waals surface area contributed by atoms with Crippen molar-refractivity contribution in [2.45, 2.75) is 46.6 Å². The summed E-state index contributed by atoms with van der Waals surface area (Å²) in [5.74, 6) is 0.820. The predicted octanol–water partition coefficient (Wildman–Crippen LogP) is 3.19. The summed E-state index contributed by atoms with van der Waals surface area (Å²) < 4.78 is 0. The van der Waals surface area contributed by atoms with E-state index in [-0.39, 0.29) is 0 Å². The maximum atomic E-state index is 5.83. The van der Waals surface area contributed by atoms with Crippen molar-refractivity contribution >= 4 is 5.69 Å². The minimum absolute atomic E-state index is 0.422.